The number of hydrogen-bond donors (Lipinski definition) is 1. The van der Waals surface area contributed by atoms with Gasteiger partial charge in [-0.15, -0.1) is 0 Å². The number of carbonyl (C=O) groups is 1. The van der Waals surface area contributed by atoms with Crippen molar-refractivity contribution in [1.29, 1.82) is 0 Å². The van der Waals surface area contributed by atoms with E-state index in [1.165, 1.54) is 0 Å². The Labute approximate surface area is 78.6 Å². The van der Waals surface area contributed by atoms with E-state index in [4.69, 9.17) is 9.47 Å². The molecule has 0 radical (unpaired) electrons. The summed E-state index contributed by atoms with van der Waals surface area (Å²) in [6.07, 6.45) is 4.15. The molecule has 0 saturated carbocycles. The van der Waals surface area contributed by atoms with Gasteiger partial charge in [-0.25, -0.2) is 0 Å². The molecule has 0 aliphatic carbocycles. The molecule has 0 aromatic heterocycles. The van der Waals surface area contributed by atoms with Crippen molar-refractivity contribution in [3.63, 3.8) is 0 Å². The van der Waals surface area contributed by atoms with Crippen LogP contribution in [-0.4, -0.2) is 38.9 Å². The minimum atomic E-state index is 0.305. The SMILES string of the molecule is O=CNCCCOCC1CCCO1. The molecular weight excluding hydrogens is 170 g/mol. The van der Waals surface area contributed by atoms with Crippen LogP contribution < -0.4 is 5.32 Å². The molecule has 1 heterocycles. The van der Waals surface area contributed by atoms with Crippen molar-refractivity contribution in [3.05, 3.63) is 0 Å². The summed E-state index contributed by atoms with van der Waals surface area (Å²) in [4.78, 5) is 9.87. The van der Waals surface area contributed by atoms with Crippen molar-refractivity contribution in [1.82, 2.24) is 5.32 Å². The van der Waals surface area contributed by atoms with Crippen molar-refractivity contribution in [2.45, 2.75) is 25.4 Å². The lowest BCUT2D eigenvalue weighted by atomic mass is 10.2. The minimum absolute atomic E-state index is 0.305. The van der Waals surface area contributed by atoms with Crippen LogP contribution in [0.5, 0.6) is 0 Å². The van der Waals surface area contributed by atoms with Gasteiger partial charge < -0.3 is 14.8 Å². The summed E-state index contributed by atoms with van der Waals surface area (Å²) in [6, 6.07) is 0. The number of carbonyl (C=O) groups excluding carboxylic acids is 1. The van der Waals surface area contributed by atoms with Gasteiger partial charge in [0.05, 0.1) is 12.7 Å². The summed E-state index contributed by atoms with van der Waals surface area (Å²) in [5.41, 5.74) is 0. The Bertz CT molecular complexity index is 135. The highest BCUT2D eigenvalue weighted by atomic mass is 16.5. The van der Waals surface area contributed by atoms with Crippen molar-refractivity contribution in [2.75, 3.05) is 26.4 Å². The van der Waals surface area contributed by atoms with E-state index in [1.54, 1.807) is 0 Å². The predicted molar refractivity (Wildman–Crippen MR) is 48.5 cm³/mol. The highest BCUT2D eigenvalue weighted by Crippen LogP contribution is 2.11. The summed E-state index contributed by atoms with van der Waals surface area (Å²) < 4.78 is 10.8. The molecule has 1 saturated heterocycles. The van der Waals surface area contributed by atoms with Crippen LogP contribution in [0.1, 0.15) is 19.3 Å². The van der Waals surface area contributed by atoms with Gasteiger partial charge in [-0.1, -0.05) is 0 Å². The van der Waals surface area contributed by atoms with Gasteiger partial charge in [0.25, 0.3) is 0 Å². The summed E-state index contributed by atoms with van der Waals surface area (Å²) >= 11 is 0. The Morgan fingerprint density at radius 2 is 2.54 bits per heavy atom. The van der Waals surface area contributed by atoms with Crippen LogP contribution >= 0.6 is 0 Å². The molecule has 1 aliphatic heterocycles. The molecule has 0 aromatic rings. The lowest BCUT2D eigenvalue weighted by molar-refractivity contribution is -0.109. The second-order valence-corrected chi connectivity index (χ2v) is 3.14. The van der Waals surface area contributed by atoms with Gasteiger partial charge in [-0.05, 0) is 19.3 Å². The van der Waals surface area contributed by atoms with Crippen molar-refractivity contribution < 1.29 is 14.3 Å². The highest BCUT2D eigenvalue weighted by Gasteiger charge is 2.14. The van der Waals surface area contributed by atoms with Crippen molar-refractivity contribution in [3.8, 4) is 0 Å². The average Bonchev–Trinajstić information content (AvgIpc) is 2.63. The Morgan fingerprint density at radius 1 is 1.62 bits per heavy atom. The van der Waals surface area contributed by atoms with E-state index in [9.17, 15) is 4.79 Å². The second-order valence-electron chi connectivity index (χ2n) is 3.14. The number of amides is 1. The molecule has 13 heavy (non-hydrogen) atoms. The fourth-order valence-corrected chi connectivity index (χ4v) is 1.33. The molecule has 1 atom stereocenters. The van der Waals surface area contributed by atoms with Gasteiger partial charge in [0.1, 0.15) is 0 Å². The van der Waals surface area contributed by atoms with E-state index in [0.717, 1.165) is 25.9 Å². The summed E-state index contributed by atoms with van der Waals surface area (Å²) in [6.45, 7) is 2.96. The Hall–Kier alpha value is -0.610. The Kier molecular flexibility index (Phi) is 5.52. The van der Waals surface area contributed by atoms with Crippen LogP contribution in [0.2, 0.25) is 0 Å². The maximum atomic E-state index is 9.87. The van der Waals surface area contributed by atoms with Gasteiger partial charge >= 0.3 is 0 Å². The zero-order chi connectivity index (χ0) is 9.36. The first-order valence-corrected chi connectivity index (χ1v) is 4.80. The predicted octanol–water partition coefficient (Wildman–Crippen LogP) is 0.318. The van der Waals surface area contributed by atoms with Gasteiger partial charge in [0.15, 0.2) is 0 Å². The monoisotopic (exact) mass is 187 g/mol. The molecule has 76 valence electrons. The van der Waals surface area contributed by atoms with Crippen LogP contribution in [0.4, 0.5) is 0 Å². The molecule has 0 bridgehead atoms. The normalized spacial score (nSPS) is 21.7. The molecule has 0 spiro atoms. The molecule has 1 rings (SSSR count). The largest absolute Gasteiger partial charge is 0.379 e. The molecule has 1 aliphatic rings. The first-order valence-electron chi connectivity index (χ1n) is 4.80. The highest BCUT2D eigenvalue weighted by molar-refractivity contribution is 5.45. The smallest absolute Gasteiger partial charge is 0.207 e. The molecule has 1 N–H and O–H groups in total. The maximum Gasteiger partial charge on any atom is 0.207 e. The lowest BCUT2D eigenvalue weighted by Gasteiger charge is -2.09. The topological polar surface area (TPSA) is 47.6 Å². The molecule has 4 nitrogen and oxygen atoms in total. The van der Waals surface area contributed by atoms with Crippen LogP contribution in [0.3, 0.4) is 0 Å². The van der Waals surface area contributed by atoms with E-state index in [1.807, 2.05) is 0 Å². The third kappa shape index (κ3) is 4.85. The van der Waals surface area contributed by atoms with Crippen molar-refractivity contribution in [2.24, 2.45) is 0 Å². The van der Waals surface area contributed by atoms with Gasteiger partial charge in [-0.3, -0.25) is 4.79 Å². The molecular formula is C9H17NO3. The first kappa shape index (κ1) is 10.5. The molecule has 0 aromatic carbocycles. The standard InChI is InChI=1S/C9H17NO3/c11-8-10-4-2-5-12-7-9-3-1-6-13-9/h8-9H,1-7H2,(H,10,11). The Morgan fingerprint density at radius 3 is 3.23 bits per heavy atom. The molecule has 1 amide bonds. The third-order valence-electron chi connectivity index (χ3n) is 2.02. The molecule has 1 fully saturated rings. The number of hydrogen-bond acceptors (Lipinski definition) is 3. The van der Waals surface area contributed by atoms with E-state index in [-0.39, 0.29) is 0 Å². The second kappa shape index (κ2) is 6.86. The zero-order valence-electron chi connectivity index (χ0n) is 7.83. The maximum absolute atomic E-state index is 9.87. The van der Waals surface area contributed by atoms with Gasteiger partial charge in [0, 0.05) is 19.8 Å². The van der Waals surface area contributed by atoms with Crippen molar-refractivity contribution >= 4 is 6.41 Å². The van der Waals surface area contributed by atoms with Crippen LogP contribution in [0.15, 0.2) is 0 Å². The van der Waals surface area contributed by atoms with Gasteiger partial charge in [0.2, 0.25) is 6.41 Å². The number of nitrogens with one attached hydrogen (secondary N) is 1. The van der Waals surface area contributed by atoms with E-state index in [0.29, 0.717) is 32.3 Å². The van der Waals surface area contributed by atoms with E-state index >= 15 is 0 Å². The Balaban J connectivity index is 1.80. The molecule has 1 unspecified atom stereocenters. The fraction of sp³-hybridized carbons (Fsp3) is 0.889. The van der Waals surface area contributed by atoms with E-state index in [2.05, 4.69) is 5.32 Å². The lowest BCUT2D eigenvalue weighted by Crippen LogP contribution is -2.17. The van der Waals surface area contributed by atoms with Crippen LogP contribution in [0.25, 0.3) is 0 Å². The van der Waals surface area contributed by atoms with Crippen LogP contribution in [-0.2, 0) is 14.3 Å². The third-order valence-corrected chi connectivity index (χ3v) is 2.02. The first-order chi connectivity index (χ1) is 6.43. The summed E-state index contributed by atoms with van der Waals surface area (Å²) in [7, 11) is 0. The zero-order valence-corrected chi connectivity index (χ0v) is 7.83. The fourth-order valence-electron chi connectivity index (χ4n) is 1.33. The van der Waals surface area contributed by atoms with Gasteiger partial charge in [-0.2, -0.15) is 0 Å². The van der Waals surface area contributed by atoms with Crippen LogP contribution in [0, 0.1) is 0 Å². The van der Waals surface area contributed by atoms with E-state index < -0.39 is 0 Å². The quantitative estimate of drug-likeness (QED) is 0.461. The summed E-state index contributed by atoms with van der Waals surface area (Å²) in [5, 5.41) is 2.58. The minimum Gasteiger partial charge on any atom is -0.379 e. The number of rotatable bonds is 7. The average molecular weight is 187 g/mol. The summed E-state index contributed by atoms with van der Waals surface area (Å²) in [5.74, 6) is 0. The molecule has 4 heteroatoms. The number of ether oxygens (including phenoxy) is 2.